The van der Waals surface area contributed by atoms with E-state index >= 15 is 0 Å². The Hall–Kier alpha value is -1.25. The van der Waals surface area contributed by atoms with Gasteiger partial charge in [0, 0.05) is 38.0 Å². The van der Waals surface area contributed by atoms with Crippen molar-refractivity contribution in [3.05, 3.63) is 30.3 Å². The van der Waals surface area contributed by atoms with E-state index in [4.69, 9.17) is 4.74 Å². The molecular weight excluding hydrogens is 372 g/mol. The summed E-state index contributed by atoms with van der Waals surface area (Å²) in [6.45, 7) is 4.66. The van der Waals surface area contributed by atoms with Gasteiger partial charge in [0.05, 0.1) is 17.3 Å². The van der Waals surface area contributed by atoms with Gasteiger partial charge in [-0.15, -0.1) is 11.8 Å². The lowest BCUT2D eigenvalue weighted by molar-refractivity contribution is -0.130. The molecule has 144 valence electrons. The van der Waals surface area contributed by atoms with Crippen LogP contribution in [0.4, 0.5) is 0 Å². The van der Waals surface area contributed by atoms with E-state index < -0.39 is 9.84 Å². The molecule has 8 heteroatoms. The average molecular weight is 399 g/mol. The molecule has 2 aliphatic heterocycles. The molecule has 0 aliphatic carbocycles. The van der Waals surface area contributed by atoms with Crippen molar-refractivity contribution >= 4 is 27.5 Å². The van der Waals surface area contributed by atoms with E-state index in [9.17, 15) is 13.2 Å². The zero-order valence-electron chi connectivity index (χ0n) is 14.9. The highest BCUT2D eigenvalue weighted by Gasteiger charge is 2.29. The summed E-state index contributed by atoms with van der Waals surface area (Å²) in [5, 5.41) is 0.0837. The number of amides is 1. The summed E-state index contributed by atoms with van der Waals surface area (Å²) in [4.78, 5) is 16.5. The molecule has 0 spiro atoms. The van der Waals surface area contributed by atoms with Gasteiger partial charge in [-0.1, -0.05) is 18.2 Å². The smallest absolute Gasteiger partial charge is 0.232 e. The Morgan fingerprint density at radius 3 is 2.54 bits per heavy atom. The van der Waals surface area contributed by atoms with Crippen LogP contribution in [0.3, 0.4) is 0 Å². The van der Waals surface area contributed by atoms with Crippen molar-refractivity contribution in [2.24, 2.45) is 0 Å². The quantitative estimate of drug-likeness (QED) is 0.686. The van der Waals surface area contributed by atoms with Gasteiger partial charge >= 0.3 is 0 Å². The summed E-state index contributed by atoms with van der Waals surface area (Å²) in [5.41, 5.74) is 0. The van der Waals surface area contributed by atoms with Gasteiger partial charge < -0.3 is 9.64 Å². The second kappa shape index (κ2) is 9.10. The number of sulfone groups is 1. The number of benzene rings is 1. The summed E-state index contributed by atoms with van der Waals surface area (Å²) in [7, 11) is -2.87. The van der Waals surface area contributed by atoms with Gasteiger partial charge in [0.1, 0.15) is 12.4 Å². The first kappa shape index (κ1) is 19.5. The summed E-state index contributed by atoms with van der Waals surface area (Å²) in [6.07, 6.45) is 0.676. The third-order valence-corrected chi connectivity index (χ3v) is 8.04. The van der Waals surface area contributed by atoms with Crippen LogP contribution in [0.5, 0.6) is 5.75 Å². The van der Waals surface area contributed by atoms with E-state index in [0.717, 1.165) is 38.5 Å². The molecule has 1 aromatic rings. The molecule has 0 saturated carbocycles. The minimum Gasteiger partial charge on any atom is -0.492 e. The van der Waals surface area contributed by atoms with Crippen molar-refractivity contribution in [2.45, 2.75) is 11.7 Å². The lowest BCUT2D eigenvalue weighted by Gasteiger charge is -2.34. The Balaban J connectivity index is 1.31. The molecule has 2 saturated heterocycles. The zero-order valence-corrected chi connectivity index (χ0v) is 16.5. The maximum atomic E-state index is 12.3. The fourth-order valence-electron chi connectivity index (χ4n) is 3.20. The van der Waals surface area contributed by atoms with Crippen molar-refractivity contribution in [2.75, 3.05) is 56.6 Å². The molecule has 1 aromatic carbocycles. The highest BCUT2D eigenvalue weighted by atomic mass is 32.2. The van der Waals surface area contributed by atoms with E-state index in [-0.39, 0.29) is 22.7 Å². The maximum absolute atomic E-state index is 12.3. The zero-order chi connectivity index (χ0) is 18.4. The van der Waals surface area contributed by atoms with E-state index in [2.05, 4.69) is 4.90 Å². The van der Waals surface area contributed by atoms with Crippen molar-refractivity contribution in [1.29, 1.82) is 0 Å². The van der Waals surface area contributed by atoms with Crippen LogP contribution in [0.25, 0.3) is 0 Å². The van der Waals surface area contributed by atoms with Gasteiger partial charge in [-0.05, 0) is 18.6 Å². The van der Waals surface area contributed by atoms with Crippen LogP contribution in [0, 0.1) is 0 Å². The third kappa shape index (κ3) is 5.89. The van der Waals surface area contributed by atoms with Crippen LogP contribution in [0.15, 0.2) is 30.3 Å². The largest absolute Gasteiger partial charge is 0.492 e. The number of thioether (sulfide) groups is 1. The monoisotopic (exact) mass is 398 g/mol. The summed E-state index contributed by atoms with van der Waals surface area (Å²) < 4.78 is 28.7. The van der Waals surface area contributed by atoms with Crippen LogP contribution < -0.4 is 4.74 Å². The molecule has 0 radical (unpaired) electrons. The Morgan fingerprint density at radius 1 is 1.15 bits per heavy atom. The number of rotatable bonds is 7. The Labute approximate surface area is 159 Å². The molecule has 1 atom stereocenters. The van der Waals surface area contributed by atoms with Gasteiger partial charge in [-0.3, -0.25) is 9.69 Å². The van der Waals surface area contributed by atoms with Crippen LogP contribution in [0.1, 0.15) is 6.42 Å². The fourth-order valence-corrected chi connectivity index (χ4v) is 6.75. The molecule has 26 heavy (non-hydrogen) atoms. The highest BCUT2D eigenvalue weighted by Crippen LogP contribution is 2.24. The summed E-state index contributed by atoms with van der Waals surface area (Å²) in [6, 6.07) is 9.78. The number of para-hydroxylation sites is 1. The summed E-state index contributed by atoms with van der Waals surface area (Å²) >= 11 is 1.50. The molecule has 0 N–H and O–H groups in total. The van der Waals surface area contributed by atoms with Crippen LogP contribution >= 0.6 is 11.8 Å². The second-order valence-electron chi connectivity index (χ2n) is 6.72. The molecule has 2 aliphatic rings. The highest BCUT2D eigenvalue weighted by molar-refractivity contribution is 8.02. The molecule has 1 unspecified atom stereocenters. The van der Waals surface area contributed by atoms with Crippen LogP contribution in [-0.2, 0) is 14.6 Å². The predicted octanol–water partition coefficient (Wildman–Crippen LogP) is 1.13. The molecule has 6 nitrogen and oxygen atoms in total. The molecule has 2 fully saturated rings. The van der Waals surface area contributed by atoms with Gasteiger partial charge in [0.2, 0.25) is 5.91 Å². The molecular formula is C18H26N2O4S2. The number of nitrogens with zero attached hydrogens (tertiary/aromatic N) is 2. The number of ether oxygens (including phenoxy) is 1. The average Bonchev–Trinajstić information content (AvgIpc) is 3.00. The standard InChI is InChI=1S/C18H26N2O4S2/c21-18(14-25-17-6-13-26(22,23)15-17)20-9-7-19(8-10-20)11-12-24-16-4-2-1-3-5-16/h1-5,17H,6-15H2. The van der Waals surface area contributed by atoms with Gasteiger partial charge in [0.15, 0.2) is 9.84 Å². The Morgan fingerprint density at radius 2 is 1.88 bits per heavy atom. The number of hydrogen-bond acceptors (Lipinski definition) is 6. The first-order chi connectivity index (χ1) is 12.5. The maximum Gasteiger partial charge on any atom is 0.232 e. The topological polar surface area (TPSA) is 66.9 Å². The first-order valence-corrected chi connectivity index (χ1v) is 11.9. The lowest BCUT2D eigenvalue weighted by Crippen LogP contribution is -2.50. The van der Waals surface area contributed by atoms with Crippen molar-refractivity contribution in [3.8, 4) is 5.75 Å². The number of carbonyl (C=O) groups excluding carboxylic acids is 1. The minimum absolute atomic E-state index is 0.0837. The minimum atomic E-state index is -2.87. The molecule has 2 heterocycles. The number of carbonyl (C=O) groups is 1. The van der Waals surface area contributed by atoms with Gasteiger partial charge in [-0.25, -0.2) is 8.42 Å². The van der Waals surface area contributed by atoms with E-state index in [1.54, 1.807) is 0 Å². The molecule has 1 amide bonds. The van der Waals surface area contributed by atoms with E-state index in [1.807, 2.05) is 35.2 Å². The second-order valence-corrected chi connectivity index (χ2v) is 10.2. The van der Waals surface area contributed by atoms with Crippen molar-refractivity contribution in [3.63, 3.8) is 0 Å². The summed E-state index contributed by atoms with van der Waals surface area (Å²) in [5.74, 6) is 1.88. The van der Waals surface area contributed by atoms with Crippen LogP contribution in [0.2, 0.25) is 0 Å². The SMILES string of the molecule is O=C(CSC1CCS(=O)(=O)C1)N1CCN(CCOc2ccccc2)CC1. The number of piperazine rings is 1. The lowest BCUT2D eigenvalue weighted by atomic mass is 10.3. The van der Waals surface area contributed by atoms with Crippen molar-refractivity contribution < 1.29 is 17.9 Å². The van der Waals surface area contributed by atoms with Crippen LogP contribution in [-0.4, -0.2) is 86.0 Å². The van der Waals surface area contributed by atoms with E-state index in [0.29, 0.717) is 18.8 Å². The normalized spacial score (nSPS) is 23.1. The number of hydrogen-bond donors (Lipinski definition) is 0. The van der Waals surface area contributed by atoms with Gasteiger partial charge in [-0.2, -0.15) is 0 Å². The third-order valence-electron chi connectivity index (χ3n) is 4.78. The van der Waals surface area contributed by atoms with Gasteiger partial charge in [0.25, 0.3) is 0 Å². The Kier molecular flexibility index (Phi) is 6.83. The van der Waals surface area contributed by atoms with E-state index in [1.165, 1.54) is 11.8 Å². The fraction of sp³-hybridized carbons (Fsp3) is 0.611. The molecule has 0 bridgehead atoms. The predicted molar refractivity (Wildman–Crippen MR) is 104 cm³/mol. The Bertz CT molecular complexity index is 688. The molecule has 3 rings (SSSR count). The molecule has 0 aromatic heterocycles. The first-order valence-electron chi connectivity index (χ1n) is 9.02. The van der Waals surface area contributed by atoms with Crippen molar-refractivity contribution in [1.82, 2.24) is 9.80 Å².